The lowest BCUT2D eigenvalue weighted by molar-refractivity contribution is 0.0695. The van der Waals surface area contributed by atoms with E-state index in [0.29, 0.717) is 12.2 Å². The van der Waals surface area contributed by atoms with E-state index in [1.165, 1.54) is 6.20 Å². The van der Waals surface area contributed by atoms with E-state index >= 15 is 0 Å². The summed E-state index contributed by atoms with van der Waals surface area (Å²) in [6, 6.07) is 1.03. The maximum absolute atomic E-state index is 13.2. The van der Waals surface area contributed by atoms with Crippen LogP contribution in [0.15, 0.2) is 23.3 Å². The van der Waals surface area contributed by atoms with Crippen LogP contribution >= 0.6 is 0 Å². The summed E-state index contributed by atoms with van der Waals surface area (Å²) < 4.78 is 14.8. The third kappa shape index (κ3) is 2.47. The normalized spacial score (nSPS) is 10.8. The van der Waals surface area contributed by atoms with Gasteiger partial charge in [-0.1, -0.05) is 13.3 Å². The number of carboxylic acids is 1. The molecular formula is C13H13FN2O3. The van der Waals surface area contributed by atoms with Gasteiger partial charge in [0, 0.05) is 12.7 Å². The monoisotopic (exact) mass is 264 g/mol. The fraction of sp³-hybridized carbons (Fsp3) is 0.308. The van der Waals surface area contributed by atoms with Crippen LogP contribution in [-0.2, 0) is 6.54 Å². The number of aromatic nitrogens is 2. The molecule has 0 aromatic carbocycles. The topological polar surface area (TPSA) is 72.2 Å². The van der Waals surface area contributed by atoms with Crippen molar-refractivity contribution in [3.63, 3.8) is 0 Å². The smallest absolute Gasteiger partial charge is 0.341 e. The van der Waals surface area contributed by atoms with Crippen molar-refractivity contribution < 1.29 is 14.3 Å². The first-order valence-corrected chi connectivity index (χ1v) is 5.96. The number of carboxylic acid groups (broad SMARTS) is 1. The molecule has 0 aliphatic carbocycles. The maximum atomic E-state index is 13.2. The first kappa shape index (κ1) is 13.2. The van der Waals surface area contributed by atoms with Crippen molar-refractivity contribution in [1.82, 2.24) is 9.55 Å². The van der Waals surface area contributed by atoms with E-state index in [4.69, 9.17) is 5.11 Å². The van der Waals surface area contributed by atoms with Crippen LogP contribution in [0.25, 0.3) is 11.0 Å². The number of halogens is 1. The minimum atomic E-state index is -1.32. The average molecular weight is 264 g/mol. The van der Waals surface area contributed by atoms with E-state index in [1.807, 2.05) is 6.92 Å². The zero-order chi connectivity index (χ0) is 14.0. The van der Waals surface area contributed by atoms with Crippen molar-refractivity contribution in [3.8, 4) is 0 Å². The van der Waals surface area contributed by atoms with Gasteiger partial charge in [0.25, 0.3) is 0 Å². The molecule has 100 valence electrons. The second kappa shape index (κ2) is 5.17. The zero-order valence-electron chi connectivity index (χ0n) is 10.4. The predicted molar refractivity (Wildman–Crippen MR) is 67.8 cm³/mol. The van der Waals surface area contributed by atoms with E-state index in [1.54, 1.807) is 4.57 Å². The van der Waals surface area contributed by atoms with Gasteiger partial charge in [0.15, 0.2) is 0 Å². The third-order valence-corrected chi connectivity index (χ3v) is 2.86. The average Bonchev–Trinajstić information content (AvgIpc) is 2.38. The highest BCUT2D eigenvalue weighted by molar-refractivity contribution is 5.91. The van der Waals surface area contributed by atoms with Gasteiger partial charge in [-0.25, -0.2) is 14.2 Å². The number of hydrogen-bond donors (Lipinski definition) is 1. The summed E-state index contributed by atoms with van der Waals surface area (Å²) in [6.45, 7) is 2.53. The van der Waals surface area contributed by atoms with Crippen LogP contribution in [-0.4, -0.2) is 20.6 Å². The molecule has 5 nitrogen and oxygen atoms in total. The SMILES string of the molecule is CCCCn1cc(C(=O)O)c(=O)c2cc(F)cnc21. The van der Waals surface area contributed by atoms with Crippen LogP contribution in [0.5, 0.6) is 0 Å². The number of nitrogens with zero attached hydrogens (tertiary/aromatic N) is 2. The zero-order valence-corrected chi connectivity index (χ0v) is 10.4. The summed E-state index contributed by atoms with van der Waals surface area (Å²) in [5.41, 5.74) is -0.761. The Labute approximate surface area is 108 Å². The Morgan fingerprint density at radius 2 is 2.26 bits per heavy atom. The quantitative estimate of drug-likeness (QED) is 0.917. The van der Waals surface area contributed by atoms with Gasteiger partial charge in [-0.3, -0.25) is 4.79 Å². The molecule has 0 aliphatic rings. The van der Waals surface area contributed by atoms with Gasteiger partial charge in [0.2, 0.25) is 5.43 Å². The summed E-state index contributed by atoms with van der Waals surface area (Å²) in [5.74, 6) is -1.98. The molecule has 0 bridgehead atoms. The van der Waals surface area contributed by atoms with Crippen molar-refractivity contribution in [2.24, 2.45) is 0 Å². The number of fused-ring (bicyclic) bond motifs is 1. The van der Waals surface area contributed by atoms with E-state index < -0.39 is 17.2 Å². The molecule has 0 amide bonds. The van der Waals surface area contributed by atoms with Crippen molar-refractivity contribution in [3.05, 3.63) is 40.1 Å². The number of pyridine rings is 2. The largest absolute Gasteiger partial charge is 0.477 e. The molecular weight excluding hydrogens is 251 g/mol. The highest BCUT2D eigenvalue weighted by Gasteiger charge is 2.15. The van der Waals surface area contributed by atoms with Crippen LogP contribution in [0, 0.1) is 5.82 Å². The molecule has 0 spiro atoms. The van der Waals surface area contributed by atoms with Crippen LogP contribution in [0.1, 0.15) is 30.1 Å². The van der Waals surface area contributed by atoms with Crippen molar-refractivity contribution >= 4 is 17.0 Å². The molecule has 0 radical (unpaired) electrons. The Balaban J connectivity index is 2.76. The number of hydrogen-bond acceptors (Lipinski definition) is 3. The summed E-state index contributed by atoms with van der Waals surface area (Å²) in [6.07, 6.45) is 4.02. The highest BCUT2D eigenvalue weighted by Crippen LogP contribution is 2.12. The molecule has 0 atom stereocenters. The fourth-order valence-electron chi connectivity index (χ4n) is 1.90. The van der Waals surface area contributed by atoms with E-state index in [9.17, 15) is 14.0 Å². The summed E-state index contributed by atoms with van der Waals surface area (Å²) >= 11 is 0. The van der Waals surface area contributed by atoms with Gasteiger partial charge in [-0.05, 0) is 12.5 Å². The molecule has 6 heteroatoms. The third-order valence-electron chi connectivity index (χ3n) is 2.86. The van der Waals surface area contributed by atoms with Crippen LogP contribution in [0.2, 0.25) is 0 Å². The molecule has 19 heavy (non-hydrogen) atoms. The van der Waals surface area contributed by atoms with Crippen molar-refractivity contribution in [2.45, 2.75) is 26.3 Å². The Morgan fingerprint density at radius 1 is 1.53 bits per heavy atom. The lowest BCUT2D eigenvalue weighted by atomic mass is 10.2. The predicted octanol–water partition coefficient (Wildman–Crippen LogP) is 2.03. The van der Waals surface area contributed by atoms with Gasteiger partial charge in [0.05, 0.1) is 11.6 Å². The van der Waals surface area contributed by atoms with Crippen molar-refractivity contribution in [2.75, 3.05) is 0 Å². The van der Waals surface area contributed by atoms with E-state index in [2.05, 4.69) is 4.98 Å². The standard InChI is InChI=1S/C13H13FN2O3/c1-2-3-4-16-7-10(13(18)19)11(17)9-5-8(14)6-15-12(9)16/h5-7H,2-4H2,1H3,(H,18,19). The number of aryl methyl sites for hydroxylation is 1. The van der Waals surface area contributed by atoms with Crippen LogP contribution in [0.4, 0.5) is 4.39 Å². The lowest BCUT2D eigenvalue weighted by Crippen LogP contribution is -2.19. The Hall–Kier alpha value is -2.24. The molecule has 0 fully saturated rings. The van der Waals surface area contributed by atoms with Gasteiger partial charge in [0.1, 0.15) is 17.0 Å². The minimum absolute atomic E-state index is 0.00370. The van der Waals surface area contributed by atoms with Gasteiger partial charge >= 0.3 is 5.97 Å². The molecule has 2 rings (SSSR count). The fourth-order valence-corrected chi connectivity index (χ4v) is 1.90. The molecule has 0 unspecified atom stereocenters. The van der Waals surface area contributed by atoms with Crippen LogP contribution < -0.4 is 5.43 Å². The number of carbonyl (C=O) groups is 1. The van der Waals surface area contributed by atoms with E-state index in [-0.39, 0.29) is 10.9 Å². The summed E-state index contributed by atoms with van der Waals surface area (Å²) in [7, 11) is 0. The first-order chi connectivity index (χ1) is 9.04. The second-order valence-corrected chi connectivity index (χ2v) is 4.25. The van der Waals surface area contributed by atoms with Gasteiger partial charge in [-0.15, -0.1) is 0 Å². The Morgan fingerprint density at radius 3 is 2.89 bits per heavy atom. The first-order valence-electron chi connectivity index (χ1n) is 5.96. The van der Waals surface area contributed by atoms with Gasteiger partial charge in [-0.2, -0.15) is 0 Å². The molecule has 1 N–H and O–H groups in total. The number of aromatic carboxylic acids is 1. The molecule has 2 aromatic rings. The van der Waals surface area contributed by atoms with Crippen LogP contribution in [0.3, 0.4) is 0 Å². The highest BCUT2D eigenvalue weighted by atomic mass is 19.1. The number of rotatable bonds is 4. The van der Waals surface area contributed by atoms with Crippen molar-refractivity contribution in [1.29, 1.82) is 0 Å². The Kier molecular flexibility index (Phi) is 3.59. The summed E-state index contributed by atoms with van der Waals surface area (Å²) in [5, 5.41) is 9.01. The number of unbranched alkanes of at least 4 members (excludes halogenated alkanes) is 1. The maximum Gasteiger partial charge on any atom is 0.341 e. The Bertz CT molecular complexity index is 694. The van der Waals surface area contributed by atoms with Gasteiger partial charge < -0.3 is 9.67 Å². The molecule has 0 aliphatic heterocycles. The van der Waals surface area contributed by atoms with E-state index in [0.717, 1.165) is 25.1 Å². The lowest BCUT2D eigenvalue weighted by Gasteiger charge is -2.10. The molecule has 2 heterocycles. The minimum Gasteiger partial charge on any atom is -0.477 e. The second-order valence-electron chi connectivity index (χ2n) is 4.25. The summed E-state index contributed by atoms with van der Waals surface area (Å²) in [4.78, 5) is 26.9. The molecule has 0 saturated carbocycles. The molecule has 2 aromatic heterocycles. The molecule has 0 saturated heterocycles.